The van der Waals surface area contributed by atoms with Gasteiger partial charge in [-0.05, 0) is 31.0 Å². The first kappa shape index (κ1) is 13.6. The Morgan fingerprint density at radius 1 is 1.21 bits per heavy atom. The minimum absolute atomic E-state index is 0.568. The molecule has 1 aromatic carbocycles. The zero-order chi connectivity index (χ0) is 13.5. The van der Waals surface area contributed by atoms with Gasteiger partial charge in [0.15, 0.2) is 0 Å². The van der Waals surface area contributed by atoms with Gasteiger partial charge in [0, 0.05) is 17.6 Å². The van der Waals surface area contributed by atoms with Crippen molar-refractivity contribution >= 4 is 23.1 Å². The first-order valence-electron chi connectivity index (χ1n) is 6.18. The molecule has 4 nitrogen and oxygen atoms in total. The summed E-state index contributed by atoms with van der Waals surface area (Å²) < 4.78 is 5.33. The quantitative estimate of drug-likeness (QED) is 0.822. The van der Waals surface area contributed by atoms with Crippen molar-refractivity contribution in [3.8, 4) is 5.88 Å². The number of ether oxygens (including phenoxy) is 1. The molecular formula is C14H16ClN3O. The molecule has 0 aliphatic carbocycles. The maximum Gasteiger partial charge on any atom is 0.218 e. The van der Waals surface area contributed by atoms with Crippen LogP contribution >= 0.6 is 11.6 Å². The van der Waals surface area contributed by atoms with Gasteiger partial charge in [0.1, 0.15) is 12.1 Å². The van der Waals surface area contributed by atoms with E-state index in [2.05, 4.69) is 27.4 Å². The number of halogens is 1. The molecule has 0 saturated heterocycles. The monoisotopic (exact) mass is 277 g/mol. The molecule has 0 atom stereocenters. The van der Waals surface area contributed by atoms with Crippen molar-refractivity contribution in [3.05, 3.63) is 42.2 Å². The van der Waals surface area contributed by atoms with E-state index in [0.717, 1.165) is 12.1 Å². The highest BCUT2D eigenvalue weighted by molar-refractivity contribution is 6.17. The summed E-state index contributed by atoms with van der Waals surface area (Å²) in [5.74, 6) is 1.92. The van der Waals surface area contributed by atoms with Crippen LogP contribution in [0, 0.1) is 0 Å². The summed E-state index contributed by atoms with van der Waals surface area (Å²) >= 11 is 5.71. The number of hydrogen-bond donors (Lipinski definition) is 1. The average Bonchev–Trinajstić information content (AvgIpc) is 2.42. The predicted octanol–water partition coefficient (Wildman–Crippen LogP) is 3.40. The predicted molar refractivity (Wildman–Crippen MR) is 77.3 cm³/mol. The topological polar surface area (TPSA) is 47.0 Å². The SMILES string of the molecule is CCOc1cc(Nc2ccc(CCCl)cc2)ncn1. The molecule has 100 valence electrons. The lowest BCUT2D eigenvalue weighted by atomic mass is 10.1. The van der Waals surface area contributed by atoms with Gasteiger partial charge in [-0.25, -0.2) is 9.97 Å². The molecule has 0 spiro atoms. The van der Waals surface area contributed by atoms with E-state index in [1.54, 1.807) is 6.07 Å². The van der Waals surface area contributed by atoms with Gasteiger partial charge in [-0.3, -0.25) is 0 Å². The van der Waals surface area contributed by atoms with E-state index in [1.807, 2.05) is 19.1 Å². The molecule has 0 bridgehead atoms. The fraction of sp³-hybridized carbons (Fsp3) is 0.286. The van der Waals surface area contributed by atoms with Crippen LogP contribution in [-0.2, 0) is 6.42 Å². The summed E-state index contributed by atoms with van der Waals surface area (Å²) in [7, 11) is 0. The van der Waals surface area contributed by atoms with Crippen LogP contribution in [0.5, 0.6) is 5.88 Å². The molecule has 0 aliphatic heterocycles. The van der Waals surface area contributed by atoms with E-state index in [4.69, 9.17) is 16.3 Å². The molecule has 0 saturated carbocycles. The normalized spacial score (nSPS) is 10.2. The number of hydrogen-bond acceptors (Lipinski definition) is 4. The van der Waals surface area contributed by atoms with Gasteiger partial charge in [0.2, 0.25) is 5.88 Å². The highest BCUT2D eigenvalue weighted by Crippen LogP contribution is 2.18. The first-order chi connectivity index (χ1) is 9.31. The van der Waals surface area contributed by atoms with Crippen LogP contribution in [0.2, 0.25) is 0 Å². The number of aromatic nitrogens is 2. The molecule has 0 unspecified atom stereocenters. The molecule has 5 heteroatoms. The molecule has 0 radical (unpaired) electrons. The first-order valence-corrected chi connectivity index (χ1v) is 6.72. The number of rotatable bonds is 6. The Bertz CT molecular complexity index is 516. The fourth-order valence-electron chi connectivity index (χ4n) is 1.65. The van der Waals surface area contributed by atoms with Crippen molar-refractivity contribution in [2.75, 3.05) is 17.8 Å². The van der Waals surface area contributed by atoms with Gasteiger partial charge in [0.05, 0.1) is 6.61 Å². The van der Waals surface area contributed by atoms with Crippen molar-refractivity contribution in [3.63, 3.8) is 0 Å². The summed E-state index contributed by atoms with van der Waals surface area (Å²) in [6.45, 7) is 2.51. The van der Waals surface area contributed by atoms with E-state index < -0.39 is 0 Å². The number of benzene rings is 1. The number of alkyl halides is 1. The van der Waals surface area contributed by atoms with Crippen molar-refractivity contribution in [2.24, 2.45) is 0 Å². The molecule has 1 heterocycles. The second-order valence-electron chi connectivity index (χ2n) is 3.94. The Balaban J connectivity index is 2.05. The van der Waals surface area contributed by atoms with Crippen LogP contribution in [-0.4, -0.2) is 22.5 Å². The van der Waals surface area contributed by atoms with Gasteiger partial charge in [-0.1, -0.05) is 12.1 Å². The Morgan fingerprint density at radius 2 is 2.00 bits per heavy atom. The van der Waals surface area contributed by atoms with Crippen molar-refractivity contribution in [1.29, 1.82) is 0 Å². The van der Waals surface area contributed by atoms with Gasteiger partial charge >= 0.3 is 0 Å². The maximum absolute atomic E-state index is 5.71. The lowest BCUT2D eigenvalue weighted by molar-refractivity contribution is 0.326. The summed E-state index contributed by atoms with van der Waals surface area (Å²) in [6.07, 6.45) is 2.36. The number of aryl methyl sites for hydroxylation is 1. The summed E-state index contributed by atoms with van der Waals surface area (Å²) in [5, 5.41) is 3.21. The van der Waals surface area contributed by atoms with Gasteiger partial charge in [0.25, 0.3) is 0 Å². The molecule has 2 rings (SSSR count). The Hall–Kier alpha value is -1.81. The van der Waals surface area contributed by atoms with Crippen LogP contribution in [0.15, 0.2) is 36.7 Å². The van der Waals surface area contributed by atoms with Crippen LogP contribution in [0.4, 0.5) is 11.5 Å². The zero-order valence-corrected chi connectivity index (χ0v) is 11.5. The van der Waals surface area contributed by atoms with Crippen LogP contribution in [0.3, 0.4) is 0 Å². The van der Waals surface area contributed by atoms with Gasteiger partial charge in [-0.2, -0.15) is 0 Å². The molecule has 19 heavy (non-hydrogen) atoms. The molecule has 1 aromatic heterocycles. The number of anilines is 2. The highest BCUT2D eigenvalue weighted by atomic mass is 35.5. The molecule has 0 amide bonds. The third-order valence-corrected chi connectivity index (χ3v) is 2.73. The Labute approximate surface area is 117 Å². The zero-order valence-electron chi connectivity index (χ0n) is 10.8. The van der Waals surface area contributed by atoms with E-state index in [0.29, 0.717) is 24.2 Å². The lowest BCUT2D eigenvalue weighted by Crippen LogP contribution is -1.98. The largest absolute Gasteiger partial charge is 0.478 e. The maximum atomic E-state index is 5.71. The fourth-order valence-corrected chi connectivity index (χ4v) is 1.86. The molecular weight excluding hydrogens is 262 g/mol. The van der Waals surface area contributed by atoms with E-state index in [9.17, 15) is 0 Å². The van der Waals surface area contributed by atoms with E-state index in [1.165, 1.54) is 11.9 Å². The molecule has 2 aromatic rings. The standard InChI is InChI=1S/C14H16ClN3O/c1-2-19-14-9-13(16-10-17-14)18-12-5-3-11(4-6-12)7-8-15/h3-6,9-10H,2,7-8H2,1H3,(H,16,17,18). The molecule has 0 fully saturated rings. The molecule has 1 N–H and O–H groups in total. The number of nitrogens with zero attached hydrogens (tertiary/aromatic N) is 2. The third kappa shape index (κ3) is 4.10. The second kappa shape index (κ2) is 6.95. The number of nitrogens with one attached hydrogen (secondary N) is 1. The van der Waals surface area contributed by atoms with Gasteiger partial charge in [-0.15, -0.1) is 11.6 Å². The summed E-state index contributed by atoms with van der Waals surface area (Å²) in [6, 6.07) is 9.88. The van der Waals surface area contributed by atoms with E-state index >= 15 is 0 Å². The summed E-state index contributed by atoms with van der Waals surface area (Å²) in [5.41, 5.74) is 2.19. The molecule has 0 aliphatic rings. The van der Waals surface area contributed by atoms with E-state index in [-0.39, 0.29) is 0 Å². The van der Waals surface area contributed by atoms with Crippen LogP contribution in [0.1, 0.15) is 12.5 Å². The van der Waals surface area contributed by atoms with Crippen LogP contribution < -0.4 is 10.1 Å². The highest BCUT2D eigenvalue weighted by Gasteiger charge is 2.00. The van der Waals surface area contributed by atoms with Gasteiger partial charge < -0.3 is 10.1 Å². The lowest BCUT2D eigenvalue weighted by Gasteiger charge is -2.07. The smallest absolute Gasteiger partial charge is 0.218 e. The minimum atomic E-state index is 0.568. The third-order valence-electron chi connectivity index (χ3n) is 2.54. The van der Waals surface area contributed by atoms with Crippen molar-refractivity contribution in [2.45, 2.75) is 13.3 Å². The Kier molecular flexibility index (Phi) is 4.98. The van der Waals surface area contributed by atoms with Crippen molar-refractivity contribution < 1.29 is 4.74 Å². The van der Waals surface area contributed by atoms with Crippen molar-refractivity contribution in [1.82, 2.24) is 9.97 Å². The Morgan fingerprint density at radius 3 is 2.68 bits per heavy atom. The second-order valence-corrected chi connectivity index (χ2v) is 4.31. The average molecular weight is 278 g/mol. The summed E-state index contributed by atoms with van der Waals surface area (Å²) in [4.78, 5) is 8.17. The minimum Gasteiger partial charge on any atom is -0.478 e. The van der Waals surface area contributed by atoms with Crippen LogP contribution in [0.25, 0.3) is 0 Å².